The SMILES string of the molecule is Cc1nn(Cc2csc(N)n2)cc1Cl. The second kappa shape index (κ2) is 3.59. The first-order chi connectivity index (χ1) is 6.65. The van der Waals surface area contributed by atoms with Crippen molar-refractivity contribution in [2.75, 3.05) is 5.73 Å². The van der Waals surface area contributed by atoms with Gasteiger partial charge in [-0.05, 0) is 6.92 Å². The van der Waals surface area contributed by atoms with Crippen molar-refractivity contribution in [2.45, 2.75) is 13.5 Å². The van der Waals surface area contributed by atoms with Crippen LogP contribution in [0.4, 0.5) is 5.13 Å². The highest BCUT2D eigenvalue weighted by atomic mass is 35.5. The van der Waals surface area contributed by atoms with Crippen LogP contribution in [0.15, 0.2) is 11.6 Å². The van der Waals surface area contributed by atoms with E-state index in [4.69, 9.17) is 17.3 Å². The smallest absolute Gasteiger partial charge is 0.180 e. The van der Waals surface area contributed by atoms with Crippen molar-refractivity contribution < 1.29 is 0 Å². The highest BCUT2D eigenvalue weighted by molar-refractivity contribution is 7.13. The molecule has 0 radical (unpaired) electrons. The van der Waals surface area contributed by atoms with Gasteiger partial charge in [0.05, 0.1) is 23.0 Å². The molecule has 0 fully saturated rings. The normalized spacial score (nSPS) is 10.7. The first kappa shape index (κ1) is 9.48. The van der Waals surface area contributed by atoms with Crippen LogP contribution < -0.4 is 5.73 Å². The van der Waals surface area contributed by atoms with E-state index in [1.165, 1.54) is 11.3 Å². The first-order valence-electron chi connectivity index (χ1n) is 4.04. The van der Waals surface area contributed by atoms with Crippen molar-refractivity contribution in [2.24, 2.45) is 0 Å². The number of rotatable bonds is 2. The Hall–Kier alpha value is -1.07. The summed E-state index contributed by atoms with van der Waals surface area (Å²) in [6, 6.07) is 0. The maximum absolute atomic E-state index is 5.87. The molecule has 2 heterocycles. The lowest BCUT2D eigenvalue weighted by molar-refractivity contribution is 0.669. The van der Waals surface area contributed by atoms with Gasteiger partial charge in [-0.2, -0.15) is 5.10 Å². The molecular formula is C8H9ClN4S. The van der Waals surface area contributed by atoms with Gasteiger partial charge in [0.25, 0.3) is 0 Å². The number of nitrogens with zero attached hydrogens (tertiary/aromatic N) is 3. The van der Waals surface area contributed by atoms with E-state index in [9.17, 15) is 0 Å². The standard InChI is InChI=1S/C8H9ClN4S/c1-5-7(9)3-13(12-5)2-6-4-14-8(10)11-6/h3-4H,2H2,1H3,(H2,10,11). The number of hydrogen-bond acceptors (Lipinski definition) is 4. The Morgan fingerprint density at radius 1 is 1.64 bits per heavy atom. The molecule has 0 aliphatic carbocycles. The Morgan fingerprint density at radius 2 is 2.43 bits per heavy atom. The van der Waals surface area contributed by atoms with Crippen LogP contribution in [0.3, 0.4) is 0 Å². The second-order valence-corrected chi connectivity index (χ2v) is 4.23. The van der Waals surface area contributed by atoms with Crippen molar-refractivity contribution in [1.29, 1.82) is 0 Å². The van der Waals surface area contributed by atoms with Crippen LogP contribution in [-0.4, -0.2) is 14.8 Å². The summed E-state index contributed by atoms with van der Waals surface area (Å²) in [5, 5.41) is 7.39. The third-order valence-electron chi connectivity index (χ3n) is 1.78. The summed E-state index contributed by atoms with van der Waals surface area (Å²) in [4.78, 5) is 4.14. The molecule has 0 aliphatic heterocycles. The number of aromatic nitrogens is 3. The topological polar surface area (TPSA) is 56.7 Å². The largest absolute Gasteiger partial charge is 0.375 e. The fraction of sp³-hybridized carbons (Fsp3) is 0.250. The number of thiazole rings is 1. The molecule has 0 spiro atoms. The maximum Gasteiger partial charge on any atom is 0.180 e. The molecule has 0 amide bonds. The van der Waals surface area contributed by atoms with E-state index in [1.807, 2.05) is 12.3 Å². The predicted molar refractivity (Wildman–Crippen MR) is 57.6 cm³/mol. The van der Waals surface area contributed by atoms with Crippen LogP contribution in [-0.2, 0) is 6.54 Å². The Kier molecular flexibility index (Phi) is 2.43. The van der Waals surface area contributed by atoms with Gasteiger partial charge in [-0.1, -0.05) is 11.6 Å². The number of hydrogen-bond donors (Lipinski definition) is 1. The summed E-state index contributed by atoms with van der Waals surface area (Å²) in [5.74, 6) is 0. The fourth-order valence-electron chi connectivity index (χ4n) is 1.14. The summed E-state index contributed by atoms with van der Waals surface area (Å²) in [6.45, 7) is 2.48. The number of nitrogen functional groups attached to an aromatic ring is 1. The van der Waals surface area contributed by atoms with Gasteiger partial charge in [0.15, 0.2) is 5.13 Å². The molecule has 2 aromatic heterocycles. The molecule has 2 rings (SSSR count). The van der Waals surface area contributed by atoms with Gasteiger partial charge in [-0.25, -0.2) is 4.98 Å². The van der Waals surface area contributed by atoms with E-state index in [2.05, 4.69) is 10.1 Å². The third kappa shape index (κ3) is 1.88. The van der Waals surface area contributed by atoms with E-state index in [1.54, 1.807) is 10.9 Å². The monoisotopic (exact) mass is 228 g/mol. The highest BCUT2D eigenvalue weighted by Gasteiger charge is 2.04. The second-order valence-electron chi connectivity index (χ2n) is 2.94. The molecule has 2 aromatic rings. The zero-order valence-electron chi connectivity index (χ0n) is 7.57. The van der Waals surface area contributed by atoms with Gasteiger partial charge in [-0.15, -0.1) is 11.3 Å². The molecular weight excluding hydrogens is 220 g/mol. The number of aryl methyl sites for hydroxylation is 1. The maximum atomic E-state index is 5.87. The molecule has 0 saturated carbocycles. The van der Waals surface area contributed by atoms with Crippen molar-refractivity contribution in [1.82, 2.24) is 14.8 Å². The molecule has 6 heteroatoms. The Labute approximate surface area is 90.3 Å². The molecule has 74 valence electrons. The lowest BCUT2D eigenvalue weighted by Gasteiger charge is -1.95. The Balaban J connectivity index is 2.18. The van der Waals surface area contributed by atoms with E-state index in [-0.39, 0.29) is 0 Å². The predicted octanol–water partition coefficient (Wildman–Crippen LogP) is 1.93. The van der Waals surface area contributed by atoms with E-state index in [0.29, 0.717) is 16.7 Å². The molecule has 0 saturated heterocycles. The van der Waals surface area contributed by atoms with Gasteiger partial charge in [0.1, 0.15) is 0 Å². The van der Waals surface area contributed by atoms with E-state index in [0.717, 1.165) is 11.4 Å². The third-order valence-corrected chi connectivity index (χ3v) is 2.87. The molecule has 0 atom stereocenters. The minimum absolute atomic E-state index is 0.579. The minimum atomic E-state index is 0.579. The number of anilines is 1. The summed E-state index contributed by atoms with van der Waals surface area (Å²) >= 11 is 7.30. The summed E-state index contributed by atoms with van der Waals surface area (Å²) in [6.07, 6.45) is 1.78. The average Bonchev–Trinajstić information content (AvgIpc) is 2.62. The Bertz CT molecular complexity index is 428. The van der Waals surface area contributed by atoms with Crippen LogP contribution in [0.5, 0.6) is 0 Å². The van der Waals surface area contributed by atoms with Crippen molar-refractivity contribution in [3.05, 3.63) is 28.0 Å². The fourth-order valence-corrected chi connectivity index (χ4v) is 1.84. The van der Waals surface area contributed by atoms with Gasteiger partial charge in [0, 0.05) is 11.6 Å². The minimum Gasteiger partial charge on any atom is -0.375 e. The van der Waals surface area contributed by atoms with Crippen LogP contribution in [0.1, 0.15) is 11.4 Å². The summed E-state index contributed by atoms with van der Waals surface area (Å²) in [7, 11) is 0. The van der Waals surface area contributed by atoms with E-state index < -0.39 is 0 Å². The Morgan fingerprint density at radius 3 is 2.93 bits per heavy atom. The van der Waals surface area contributed by atoms with Gasteiger partial charge in [0.2, 0.25) is 0 Å². The van der Waals surface area contributed by atoms with Gasteiger partial charge in [-0.3, -0.25) is 4.68 Å². The van der Waals surface area contributed by atoms with Crippen molar-refractivity contribution in [3.8, 4) is 0 Å². The number of halogens is 1. The first-order valence-corrected chi connectivity index (χ1v) is 5.30. The zero-order chi connectivity index (χ0) is 10.1. The molecule has 0 aliphatic rings. The number of nitrogens with two attached hydrogens (primary N) is 1. The molecule has 4 nitrogen and oxygen atoms in total. The van der Waals surface area contributed by atoms with Crippen LogP contribution >= 0.6 is 22.9 Å². The molecule has 0 bridgehead atoms. The lowest BCUT2D eigenvalue weighted by atomic mass is 10.5. The zero-order valence-corrected chi connectivity index (χ0v) is 9.14. The summed E-state index contributed by atoms with van der Waals surface area (Å²) < 4.78 is 1.76. The van der Waals surface area contributed by atoms with Gasteiger partial charge < -0.3 is 5.73 Å². The molecule has 0 unspecified atom stereocenters. The van der Waals surface area contributed by atoms with Crippen molar-refractivity contribution in [3.63, 3.8) is 0 Å². The van der Waals surface area contributed by atoms with Crippen LogP contribution in [0.2, 0.25) is 5.02 Å². The average molecular weight is 229 g/mol. The van der Waals surface area contributed by atoms with Gasteiger partial charge >= 0.3 is 0 Å². The van der Waals surface area contributed by atoms with Crippen LogP contribution in [0.25, 0.3) is 0 Å². The van der Waals surface area contributed by atoms with E-state index >= 15 is 0 Å². The highest BCUT2D eigenvalue weighted by Crippen LogP contribution is 2.15. The molecule has 14 heavy (non-hydrogen) atoms. The van der Waals surface area contributed by atoms with Crippen LogP contribution in [0, 0.1) is 6.92 Å². The van der Waals surface area contributed by atoms with Crippen molar-refractivity contribution >= 4 is 28.1 Å². The summed E-state index contributed by atoms with van der Waals surface area (Å²) in [5.41, 5.74) is 7.26. The molecule has 0 aromatic carbocycles. The quantitative estimate of drug-likeness (QED) is 0.855. The lowest BCUT2D eigenvalue weighted by Crippen LogP contribution is -2.00. The molecule has 2 N–H and O–H groups in total.